The van der Waals surface area contributed by atoms with Crippen molar-refractivity contribution in [2.45, 2.75) is 38.3 Å². The zero-order chi connectivity index (χ0) is 20.9. The van der Waals surface area contributed by atoms with Gasteiger partial charge in [0.25, 0.3) is 0 Å². The van der Waals surface area contributed by atoms with Gasteiger partial charge >= 0.3 is 11.8 Å². The summed E-state index contributed by atoms with van der Waals surface area (Å²) in [6.45, 7) is 3.94. The van der Waals surface area contributed by atoms with Crippen LogP contribution in [0.25, 0.3) is 0 Å². The molecule has 30 heavy (non-hydrogen) atoms. The second-order valence-electron chi connectivity index (χ2n) is 8.14. The van der Waals surface area contributed by atoms with E-state index in [1.54, 1.807) is 11.3 Å². The van der Waals surface area contributed by atoms with Crippen LogP contribution in [-0.2, 0) is 22.6 Å². The lowest BCUT2D eigenvalue weighted by Crippen LogP contribution is -2.45. The molecule has 0 aliphatic carbocycles. The van der Waals surface area contributed by atoms with E-state index < -0.39 is 11.8 Å². The van der Waals surface area contributed by atoms with E-state index in [0.717, 1.165) is 30.9 Å². The molecule has 1 aromatic heterocycles. The Labute approximate surface area is 182 Å². The van der Waals surface area contributed by atoms with E-state index in [1.165, 1.54) is 36.1 Å². The molecule has 4 rings (SSSR count). The number of piperidine rings is 1. The fourth-order valence-corrected chi connectivity index (χ4v) is 5.06. The summed E-state index contributed by atoms with van der Waals surface area (Å²) in [6, 6.07) is 10.6. The van der Waals surface area contributed by atoms with Gasteiger partial charge < -0.3 is 15.5 Å². The summed E-state index contributed by atoms with van der Waals surface area (Å²) >= 11 is 1.56. The Bertz CT molecular complexity index is 877. The Morgan fingerprint density at radius 2 is 1.87 bits per heavy atom. The van der Waals surface area contributed by atoms with Crippen molar-refractivity contribution in [2.75, 3.05) is 38.1 Å². The topological polar surface area (TPSA) is 64.7 Å². The maximum absolute atomic E-state index is 12.4. The van der Waals surface area contributed by atoms with Gasteiger partial charge in [-0.05, 0) is 61.0 Å². The molecule has 1 saturated heterocycles. The Morgan fingerprint density at radius 3 is 2.63 bits per heavy atom. The van der Waals surface area contributed by atoms with E-state index in [2.05, 4.69) is 45.7 Å². The molecule has 6 nitrogen and oxygen atoms in total. The number of carbonyl (C=O) groups is 2. The molecule has 0 saturated carbocycles. The van der Waals surface area contributed by atoms with Crippen molar-refractivity contribution in [3.8, 4) is 0 Å². The van der Waals surface area contributed by atoms with Crippen molar-refractivity contribution in [3.63, 3.8) is 0 Å². The fourth-order valence-electron chi connectivity index (χ4n) is 4.41. The van der Waals surface area contributed by atoms with Gasteiger partial charge in [-0.1, -0.05) is 24.6 Å². The zero-order valence-electron chi connectivity index (χ0n) is 17.5. The molecule has 1 aromatic carbocycles. The zero-order valence-corrected chi connectivity index (χ0v) is 18.3. The number of likely N-dealkylation sites (tertiary alicyclic amines) is 1. The van der Waals surface area contributed by atoms with Gasteiger partial charge in [-0.3, -0.25) is 14.5 Å². The summed E-state index contributed by atoms with van der Waals surface area (Å²) in [7, 11) is 2.13. The maximum Gasteiger partial charge on any atom is 0.309 e. The van der Waals surface area contributed by atoms with Crippen molar-refractivity contribution in [2.24, 2.45) is 0 Å². The Kier molecular flexibility index (Phi) is 6.69. The number of nitrogens with zero attached hydrogens (tertiary/aromatic N) is 2. The minimum absolute atomic E-state index is 0.0931. The lowest BCUT2D eigenvalue weighted by atomic mass is 9.98. The number of amides is 2. The molecule has 1 atom stereocenters. The number of likely N-dealkylation sites (N-methyl/N-ethyl adjacent to an activating group) is 1. The van der Waals surface area contributed by atoms with Crippen LogP contribution < -0.4 is 15.5 Å². The van der Waals surface area contributed by atoms with Crippen LogP contribution in [0.3, 0.4) is 0 Å². The molecule has 2 amide bonds. The first-order valence-electron chi connectivity index (χ1n) is 10.8. The summed E-state index contributed by atoms with van der Waals surface area (Å²) < 4.78 is 0. The molecule has 0 radical (unpaired) electrons. The first-order chi connectivity index (χ1) is 14.6. The second kappa shape index (κ2) is 9.62. The number of thiophene rings is 1. The third kappa shape index (κ3) is 4.84. The molecule has 2 aromatic rings. The molecule has 0 spiro atoms. The first-order valence-corrected chi connectivity index (χ1v) is 11.7. The summed E-state index contributed by atoms with van der Waals surface area (Å²) in [6.07, 6.45) is 4.68. The largest absolute Gasteiger partial charge is 0.374 e. The summed E-state index contributed by atoms with van der Waals surface area (Å²) in [5.74, 6) is -1.13. The molecule has 2 aliphatic heterocycles. The number of nitrogens with one attached hydrogen (secondary N) is 2. The van der Waals surface area contributed by atoms with Gasteiger partial charge in [0.2, 0.25) is 0 Å². The van der Waals surface area contributed by atoms with Crippen molar-refractivity contribution in [1.82, 2.24) is 15.5 Å². The molecular weight excluding hydrogens is 396 g/mol. The molecule has 1 fully saturated rings. The molecule has 0 unspecified atom stereocenters. The standard InChI is InChI=1S/C23H30N4O2S/c1-26-12-9-18-14-17(7-8-20(18)26)21(27-10-3-2-4-11-27)16-25-23(29)22(28)24-15-19-6-5-13-30-19/h5-8,13-14,21H,2-4,9-12,15-16H2,1H3,(H,24,28)(H,25,29)/t21-/m1/s1. The van der Waals surface area contributed by atoms with Crippen LogP contribution in [0.4, 0.5) is 5.69 Å². The van der Waals surface area contributed by atoms with E-state index >= 15 is 0 Å². The molecule has 0 bridgehead atoms. The van der Waals surface area contributed by atoms with Crippen molar-refractivity contribution in [1.29, 1.82) is 0 Å². The summed E-state index contributed by atoms with van der Waals surface area (Å²) in [5.41, 5.74) is 3.90. The van der Waals surface area contributed by atoms with Crippen LogP contribution in [0.15, 0.2) is 35.7 Å². The molecule has 2 N–H and O–H groups in total. The summed E-state index contributed by atoms with van der Waals surface area (Å²) in [5, 5.41) is 7.55. The number of benzene rings is 1. The number of fused-ring (bicyclic) bond motifs is 1. The van der Waals surface area contributed by atoms with Crippen LogP contribution in [0, 0.1) is 0 Å². The maximum atomic E-state index is 12.4. The predicted octanol–water partition coefficient (Wildman–Crippen LogP) is 2.70. The molecule has 2 aliphatic rings. The average Bonchev–Trinajstić information content (AvgIpc) is 3.42. The van der Waals surface area contributed by atoms with E-state index in [-0.39, 0.29) is 6.04 Å². The number of hydrogen-bond donors (Lipinski definition) is 2. The van der Waals surface area contributed by atoms with Gasteiger partial charge in [-0.15, -0.1) is 11.3 Å². The lowest BCUT2D eigenvalue weighted by molar-refractivity contribution is -0.139. The Balaban J connectivity index is 1.41. The summed E-state index contributed by atoms with van der Waals surface area (Å²) in [4.78, 5) is 30.4. The number of rotatable bonds is 6. The number of carbonyl (C=O) groups excluding carboxylic acids is 2. The highest BCUT2D eigenvalue weighted by Gasteiger charge is 2.26. The van der Waals surface area contributed by atoms with E-state index in [9.17, 15) is 9.59 Å². The van der Waals surface area contributed by atoms with Gasteiger partial charge in [0.15, 0.2) is 0 Å². The number of anilines is 1. The van der Waals surface area contributed by atoms with Gasteiger partial charge in [0.05, 0.1) is 12.6 Å². The quantitative estimate of drug-likeness (QED) is 0.697. The SMILES string of the molecule is CN1CCc2cc([C@@H](CNC(=O)C(=O)NCc3cccs3)N3CCCCC3)ccc21. The van der Waals surface area contributed by atoms with Gasteiger partial charge in [-0.25, -0.2) is 0 Å². The van der Waals surface area contributed by atoms with E-state index in [0.29, 0.717) is 13.1 Å². The molecule has 160 valence electrons. The van der Waals surface area contributed by atoms with Gasteiger partial charge in [-0.2, -0.15) is 0 Å². The van der Waals surface area contributed by atoms with Crippen LogP contribution in [0.5, 0.6) is 0 Å². The van der Waals surface area contributed by atoms with E-state index in [1.807, 2.05) is 17.5 Å². The van der Waals surface area contributed by atoms with Crippen LogP contribution >= 0.6 is 11.3 Å². The normalized spacial score (nSPS) is 17.4. The second-order valence-corrected chi connectivity index (χ2v) is 9.18. The Morgan fingerprint density at radius 1 is 1.07 bits per heavy atom. The highest BCUT2D eigenvalue weighted by molar-refractivity contribution is 7.09. The first kappa shape index (κ1) is 20.9. The van der Waals surface area contributed by atoms with Gasteiger partial charge in [0, 0.05) is 30.7 Å². The predicted molar refractivity (Wildman–Crippen MR) is 121 cm³/mol. The van der Waals surface area contributed by atoms with Gasteiger partial charge in [0.1, 0.15) is 0 Å². The van der Waals surface area contributed by atoms with Crippen molar-refractivity contribution in [3.05, 3.63) is 51.7 Å². The highest BCUT2D eigenvalue weighted by atomic mass is 32.1. The highest BCUT2D eigenvalue weighted by Crippen LogP contribution is 2.32. The molecule has 3 heterocycles. The smallest absolute Gasteiger partial charge is 0.309 e. The van der Waals surface area contributed by atoms with Crippen LogP contribution in [-0.4, -0.2) is 49.9 Å². The average molecular weight is 427 g/mol. The Hall–Kier alpha value is -2.38. The van der Waals surface area contributed by atoms with Crippen LogP contribution in [0.2, 0.25) is 0 Å². The number of hydrogen-bond acceptors (Lipinski definition) is 5. The van der Waals surface area contributed by atoms with E-state index in [4.69, 9.17) is 0 Å². The molecular formula is C23H30N4O2S. The minimum Gasteiger partial charge on any atom is -0.374 e. The lowest BCUT2D eigenvalue weighted by Gasteiger charge is -2.35. The third-order valence-electron chi connectivity index (χ3n) is 6.11. The van der Waals surface area contributed by atoms with Crippen molar-refractivity contribution < 1.29 is 9.59 Å². The molecule has 7 heteroatoms. The third-order valence-corrected chi connectivity index (χ3v) is 6.99. The fraction of sp³-hybridized carbons (Fsp3) is 0.478. The minimum atomic E-state index is -0.573. The monoisotopic (exact) mass is 426 g/mol. The van der Waals surface area contributed by atoms with Crippen LogP contribution in [0.1, 0.15) is 41.3 Å². The van der Waals surface area contributed by atoms with Crippen molar-refractivity contribution >= 4 is 28.8 Å².